The second-order valence-electron chi connectivity index (χ2n) is 6.99. The van der Waals surface area contributed by atoms with Crippen LogP contribution in [-0.4, -0.2) is 37.6 Å². The fourth-order valence-electron chi connectivity index (χ4n) is 3.20. The van der Waals surface area contributed by atoms with E-state index in [0.717, 1.165) is 16.8 Å². The quantitative estimate of drug-likeness (QED) is 0.626. The van der Waals surface area contributed by atoms with Crippen molar-refractivity contribution in [2.75, 3.05) is 19.0 Å². The molecule has 0 saturated carbocycles. The van der Waals surface area contributed by atoms with Gasteiger partial charge in [0.05, 0.1) is 16.7 Å². The minimum atomic E-state index is -3.86. The van der Waals surface area contributed by atoms with Crippen LogP contribution in [0.1, 0.15) is 11.5 Å². The van der Waals surface area contributed by atoms with Gasteiger partial charge in [-0.15, -0.1) is 0 Å². The van der Waals surface area contributed by atoms with Crippen LogP contribution in [0.5, 0.6) is 0 Å². The molecule has 0 aliphatic carbocycles. The number of aliphatic imine (C=N–C) groups is 1. The number of aromatic nitrogens is 1. The first-order valence-electron chi connectivity index (χ1n) is 9.86. The highest BCUT2D eigenvalue weighted by molar-refractivity contribution is 7.89. The van der Waals surface area contributed by atoms with Crippen LogP contribution in [0.4, 0.5) is 5.69 Å². The van der Waals surface area contributed by atoms with Crippen molar-refractivity contribution < 1.29 is 12.8 Å². The Bertz CT molecular complexity index is 1290. The van der Waals surface area contributed by atoms with Crippen molar-refractivity contribution in [1.29, 1.82) is 0 Å². The molecule has 0 spiro atoms. The summed E-state index contributed by atoms with van der Waals surface area (Å²) in [6, 6.07) is 16.0. The van der Waals surface area contributed by atoms with Gasteiger partial charge in [0.15, 0.2) is 0 Å². The summed E-state index contributed by atoms with van der Waals surface area (Å²) in [5, 5.41) is 3.09. The van der Waals surface area contributed by atoms with Gasteiger partial charge in [-0.1, -0.05) is 36.9 Å². The fourth-order valence-corrected chi connectivity index (χ4v) is 4.43. The highest BCUT2D eigenvalue weighted by Gasteiger charge is 2.24. The van der Waals surface area contributed by atoms with Gasteiger partial charge in [-0.25, -0.2) is 13.4 Å². The molecule has 0 radical (unpaired) electrons. The zero-order chi connectivity index (χ0) is 22.6. The molecule has 7 nitrogen and oxygen atoms in total. The largest absolute Gasteiger partial charge is 0.444 e. The molecular formula is C24H22N4O3S. The van der Waals surface area contributed by atoms with E-state index in [0.29, 0.717) is 11.1 Å². The maximum Gasteiger partial charge on any atom is 0.265 e. The molecule has 2 aromatic carbocycles. The van der Waals surface area contributed by atoms with Gasteiger partial charge in [-0.05, 0) is 41.5 Å². The van der Waals surface area contributed by atoms with Gasteiger partial charge < -0.3 is 9.73 Å². The molecule has 1 aromatic heterocycles. The fraction of sp³-hybridized carbons (Fsp3) is 0.0833. The van der Waals surface area contributed by atoms with Crippen molar-refractivity contribution in [3.63, 3.8) is 0 Å². The lowest BCUT2D eigenvalue weighted by molar-refractivity contribution is 0.505. The Labute approximate surface area is 187 Å². The summed E-state index contributed by atoms with van der Waals surface area (Å²) in [7, 11) is -2.00. The van der Waals surface area contributed by atoms with E-state index in [1.54, 1.807) is 36.5 Å². The molecule has 1 N–H and O–H groups in total. The number of allylic oxidation sites excluding steroid dienone is 4. The zero-order valence-electron chi connectivity index (χ0n) is 17.5. The number of benzene rings is 2. The molecule has 1 aliphatic rings. The zero-order valence-corrected chi connectivity index (χ0v) is 18.3. The normalized spacial score (nSPS) is 19.0. The van der Waals surface area contributed by atoms with Crippen LogP contribution in [0.15, 0.2) is 106 Å². The van der Waals surface area contributed by atoms with Gasteiger partial charge in [0.1, 0.15) is 12.9 Å². The molecule has 32 heavy (non-hydrogen) atoms. The molecular weight excluding hydrogens is 424 g/mol. The second-order valence-corrected chi connectivity index (χ2v) is 8.88. The molecule has 162 valence electrons. The molecule has 8 heteroatoms. The van der Waals surface area contributed by atoms with Crippen molar-refractivity contribution >= 4 is 33.1 Å². The van der Waals surface area contributed by atoms with Gasteiger partial charge in [0.25, 0.3) is 10.0 Å². The van der Waals surface area contributed by atoms with Crippen molar-refractivity contribution in [3.05, 3.63) is 103 Å². The van der Waals surface area contributed by atoms with Crippen molar-refractivity contribution in [2.24, 2.45) is 4.99 Å². The average Bonchev–Trinajstić information content (AvgIpc) is 3.36. The monoisotopic (exact) mass is 446 g/mol. The van der Waals surface area contributed by atoms with E-state index in [9.17, 15) is 8.42 Å². The predicted octanol–water partition coefficient (Wildman–Crippen LogP) is 4.43. The Morgan fingerprint density at radius 2 is 1.84 bits per heavy atom. The van der Waals surface area contributed by atoms with E-state index in [2.05, 4.69) is 21.9 Å². The SMILES string of the molecule is C=C1/C=C(c2ccc(NC)cc2)\C=N/CN(S(=O)(=O)c2ccccc2)/C=C\1c1ncco1. The lowest BCUT2D eigenvalue weighted by Crippen LogP contribution is -2.26. The van der Waals surface area contributed by atoms with Crippen LogP contribution < -0.4 is 5.32 Å². The highest BCUT2D eigenvalue weighted by Crippen LogP contribution is 2.29. The molecule has 0 amide bonds. The van der Waals surface area contributed by atoms with Crippen LogP contribution in [0.25, 0.3) is 11.1 Å². The topological polar surface area (TPSA) is 87.8 Å². The second kappa shape index (κ2) is 9.07. The molecule has 0 saturated heterocycles. The molecule has 3 aromatic rings. The van der Waals surface area contributed by atoms with Crippen molar-refractivity contribution in [1.82, 2.24) is 9.29 Å². The van der Waals surface area contributed by atoms with E-state index in [1.165, 1.54) is 23.0 Å². The van der Waals surface area contributed by atoms with Gasteiger partial charge >= 0.3 is 0 Å². The maximum atomic E-state index is 13.3. The predicted molar refractivity (Wildman–Crippen MR) is 126 cm³/mol. The lowest BCUT2D eigenvalue weighted by Gasteiger charge is -2.19. The van der Waals surface area contributed by atoms with Crippen LogP contribution in [0.3, 0.4) is 0 Å². The maximum absolute atomic E-state index is 13.3. The summed E-state index contributed by atoms with van der Waals surface area (Å²) in [6.07, 6.45) is 7.90. The first-order valence-corrected chi connectivity index (χ1v) is 11.3. The third-order valence-corrected chi connectivity index (χ3v) is 6.63. The summed E-state index contributed by atoms with van der Waals surface area (Å²) in [4.78, 5) is 8.79. The smallest absolute Gasteiger partial charge is 0.265 e. The number of nitrogens with one attached hydrogen (secondary N) is 1. The number of hydrogen-bond donors (Lipinski definition) is 1. The van der Waals surface area contributed by atoms with Crippen molar-refractivity contribution in [2.45, 2.75) is 4.90 Å². The first kappa shape index (κ1) is 21.3. The number of oxazole rings is 1. The van der Waals surface area contributed by atoms with Crippen LogP contribution in [-0.2, 0) is 10.0 Å². The molecule has 0 unspecified atom stereocenters. The van der Waals surface area contributed by atoms with Crippen LogP contribution >= 0.6 is 0 Å². The standard InChI is InChI=1S/C24H22N4O3S/c1-18-14-20(19-8-10-21(25-2)11-9-19)15-26-17-28(16-23(18)24-27-12-13-31-24)32(29,30)22-6-4-3-5-7-22/h3-16,25H,1,17H2,2H3/b20-14+,23-16+,26-15-. The van der Waals surface area contributed by atoms with Crippen LogP contribution in [0, 0.1) is 0 Å². The van der Waals surface area contributed by atoms with Gasteiger partial charge in [0, 0.05) is 30.7 Å². The van der Waals surface area contributed by atoms with Gasteiger partial charge in [-0.3, -0.25) is 9.30 Å². The first-order chi connectivity index (χ1) is 15.5. The van der Waals surface area contributed by atoms with E-state index in [4.69, 9.17) is 4.42 Å². The molecule has 4 rings (SSSR count). The third-order valence-electron chi connectivity index (χ3n) is 4.92. The minimum Gasteiger partial charge on any atom is -0.444 e. The molecule has 1 aliphatic heterocycles. The highest BCUT2D eigenvalue weighted by atomic mass is 32.2. The summed E-state index contributed by atoms with van der Waals surface area (Å²) < 4.78 is 33.3. The summed E-state index contributed by atoms with van der Waals surface area (Å²) in [5.41, 5.74) is 3.67. The minimum absolute atomic E-state index is 0.110. The average molecular weight is 447 g/mol. The van der Waals surface area contributed by atoms with Gasteiger partial charge in [-0.2, -0.15) is 0 Å². The molecule has 2 heterocycles. The van der Waals surface area contributed by atoms with E-state index in [-0.39, 0.29) is 17.5 Å². The van der Waals surface area contributed by atoms with Gasteiger partial charge in [0.2, 0.25) is 5.89 Å². The third kappa shape index (κ3) is 4.40. The Balaban J connectivity index is 1.80. The number of anilines is 1. The summed E-state index contributed by atoms with van der Waals surface area (Å²) in [5.74, 6) is 0.270. The molecule has 0 bridgehead atoms. The van der Waals surface area contributed by atoms with E-state index >= 15 is 0 Å². The Hall–Kier alpha value is -3.91. The number of hydrogen-bond acceptors (Lipinski definition) is 6. The Morgan fingerprint density at radius 1 is 1.09 bits per heavy atom. The van der Waals surface area contributed by atoms with Crippen LogP contribution in [0.2, 0.25) is 0 Å². The van der Waals surface area contributed by atoms with Crippen molar-refractivity contribution in [3.8, 4) is 0 Å². The lowest BCUT2D eigenvalue weighted by atomic mass is 10.0. The summed E-state index contributed by atoms with van der Waals surface area (Å²) in [6.45, 7) is 4.04. The Morgan fingerprint density at radius 3 is 2.50 bits per heavy atom. The molecule has 0 atom stereocenters. The number of sulfonamides is 1. The van der Waals surface area contributed by atoms with E-state index in [1.807, 2.05) is 37.4 Å². The van der Waals surface area contributed by atoms with E-state index < -0.39 is 10.0 Å². The number of nitrogens with zero attached hydrogens (tertiary/aromatic N) is 3. The number of rotatable bonds is 5. The molecule has 0 fully saturated rings. The summed E-state index contributed by atoms with van der Waals surface area (Å²) >= 11 is 0. The Kier molecular flexibility index (Phi) is 6.04.